The monoisotopic (exact) mass is 496 g/mol. The van der Waals surface area contributed by atoms with Crippen molar-refractivity contribution in [3.05, 3.63) is 98.0 Å². The highest BCUT2D eigenvalue weighted by Crippen LogP contribution is 2.33. The van der Waals surface area contributed by atoms with Gasteiger partial charge in [0.25, 0.3) is 5.91 Å². The van der Waals surface area contributed by atoms with Crippen LogP contribution in [0.4, 0.5) is 5.69 Å². The fraction of sp³-hybridized carbons (Fsp3) is 0.120. The highest BCUT2D eigenvalue weighted by atomic mass is 35.5. The molecule has 1 amide bonds. The Labute approximate surface area is 205 Å². The van der Waals surface area contributed by atoms with E-state index in [9.17, 15) is 19.2 Å². The van der Waals surface area contributed by atoms with E-state index in [4.69, 9.17) is 33.7 Å². The van der Waals surface area contributed by atoms with Gasteiger partial charge in [0.05, 0.1) is 26.9 Å². The number of anilines is 1. The lowest BCUT2D eigenvalue weighted by Crippen LogP contribution is -2.31. The Morgan fingerprint density at radius 2 is 1.59 bits per heavy atom. The number of benzene rings is 3. The van der Waals surface area contributed by atoms with Crippen molar-refractivity contribution in [3.63, 3.8) is 0 Å². The molecule has 1 aliphatic rings. The third kappa shape index (κ3) is 4.27. The molecule has 3 aromatic carbocycles. The third-order valence-electron chi connectivity index (χ3n) is 5.51. The smallest absolute Gasteiger partial charge is 0.340 e. The number of nitrogens with zero attached hydrogens (tertiary/aromatic N) is 1. The number of ether oxygens (including phenoxy) is 1. The number of carbonyl (C=O) groups excluding carboxylic acids is 4. The van der Waals surface area contributed by atoms with E-state index < -0.39 is 24.3 Å². The van der Waals surface area contributed by atoms with Crippen LogP contribution in [0.1, 0.15) is 47.8 Å². The molecule has 0 spiro atoms. The van der Waals surface area contributed by atoms with E-state index in [1.165, 1.54) is 23.1 Å². The van der Waals surface area contributed by atoms with Gasteiger partial charge in [-0.15, -0.1) is 0 Å². The van der Waals surface area contributed by atoms with Crippen LogP contribution in [-0.2, 0) is 16.1 Å². The molecule has 34 heavy (non-hydrogen) atoms. The quantitative estimate of drug-likeness (QED) is 0.328. The summed E-state index contributed by atoms with van der Waals surface area (Å²) in [5.74, 6) is -2.14. The molecular formula is C25H18Cl2N2O5. The Morgan fingerprint density at radius 3 is 2.26 bits per heavy atom. The summed E-state index contributed by atoms with van der Waals surface area (Å²) in [5, 5.41) is 0.768. The van der Waals surface area contributed by atoms with Gasteiger partial charge >= 0.3 is 5.97 Å². The highest BCUT2D eigenvalue weighted by Gasteiger charge is 2.33. The van der Waals surface area contributed by atoms with Gasteiger partial charge in [0.15, 0.2) is 18.2 Å². The summed E-state index contributed by atoms with van der Waals surface area (Å²) in [6, 6.07) is 14.1. The maximum Gasteiger partial charge on any atom is 0.340 e. The molecule has 9 heteroatoms. The Balaban J connectivity index is 1.47. The van der Waals surface area contributed by atoms with Crippen molar-refractivity contribution in [1.29, 1.82) is 0 Å². The van der Waals surface area contributed by atoms with E-state index in [-0.39, 0.29) is 45.8 Å². The van der Waals surface area contributed by atoms with Crippen molar-refractivity contribution >= 4 is 52.3 Å². The van der Waals surface area contributed by atoms with E-state index >= 15 is 0 Å². The predicted molar refractivity (Wildman–Crippen MR) is 127 cm³/mol. The lowest BCUT2D eigenvalue weighted by molar-refractivity contribution is -0.133. The molecule has 7 nitrogen and oxygen atoms in total. The topological polar surface area (TPSA) is 107 Å². The Kier molecular flexibility index (Phi) is 6.41. The average Bonchev–Trinajstić information content (AvgIpc) is 2.82. The van der Waals surface area contributed by atoms with Gasteiger partial charge in [-0.2, -0.15) is 0 Å². The van der Waals surface area contributed by atoms with Gasteiger partial charge in [0.1, 0.15) is 0 Å². The van der Waals surface area contributed by atoms with Crippen molar-refractivity contribution in [2.75, 3.05) is 19.4 Å². The second-order valence-electron chi connectivity index (χ2n) is 7.73. The molecule has 0 atom stereocenters. The van der Waals surface area contributed by atoms with Crippen molar-refractivity contribution in [2.24, 2.45) is 0 Å². The Bertz CT molecular complexity index is 1370. The molecule has 3 aromatic rings. The summed E-state index contributed by atoms with van der Waals surface area (Å²) in [4.78, 5) is 52.2. The van der Waals surface area contributed by atoms with Crippen LogP contribution in [0.15, 0.2) is 54.6 Å². The molecule has 0 saturated heterocycles. The molecule has 172 valence electrons. The first-order valence-electron chi connectivity index (χ1n) is 10.1. The largest absolute Gasteiger partial charge is 0.452 e. The molecule has 0 aliphatic heterocycles. The first-order chi connectivity index (χ1) is 16.2. The summed E-state index contributed by atoms with van der Waals surface area (Å²) in [5.41, 5.74) is 7.19. The maximum absolute atomic E-state index is 13.0. The number of nitrogens with two attached hydrogens (primary N) is 1. The zero-order valence-corrected chi connectivity index (χ0v) is 19.4. The molecule has 2 N–H and O–H groups in total. The number of likely N-dealkylation sites (N-methyl/N-ethyl adjacent to an activating group) is 1. The van der Waals surface area contributed by atoms with Crippen LogP contribution in [0, 0.1) is 0 Å². The zero-order chi connectivity index (χ0) is 24.6. The lowest BCUT2D eigenvalue weighted by atomic mass is 9.82. The van der Waals surface area contributed by atoms with Gasteiger partial charge in [-0.1, -0.05) is 53.5 Å². The number of ketones is 2. The molecule has 0 saturated carbocycles. The van der Waals surface area contributed by atoms with Crippen molar-refractivity contribution in [2.45, 2.75) is 6.54 Å². The highest BCUT2D eigenvalue weighted by molar-refractivity contribution is 6.42. The van der Waals surface area contributed by atoms with Crippen molar-refractivity contribution in [3.8, 4) is 0 Å². The average molecular weight is 497 g/mol. The maximum atomic E-state index is 13.0. The number of hydrogen-bond acceptors (Lipinski definition) is 6. The minimum atomic E-state index is -0.879. The van der Waals surface area contributed by atoms with Gasteiger partial charge in [-0.3, -0.25) is 14.4 Å². The van der Waals surface area contributed by atoms with Gasteiger partial charge in [-0.25, -0.2) is 4.79 Å². The van der Waals surface area contributed by atoms with Crippen LogP contribution in [-0.4, -0.2) is 42.0 Å². The van der Waals surface area contributed by atoms with Gasteiger partial charge < -0.3 is 15.4 Å². The molecule has 0 bridgehead atoms. The number of esters is 1. The van der Waals surface area contributed by atoms with Gasteiger partial charge in [0.2, 0.25) is 0 Å². The Morgan fingerprint density at radius 1 is 0.912 bits per heavy atom. The first-order valence-corrected chi connectivity index (χ1v) is 10.9. The van der Waals surface area contributed by atoms with Gasteiger partial charge in [-0.05, 0) is 29.8 Å². The molecule has 0 radical (unpaired) electrons. The van der Waals surface area contributed by atoms with E-state index in [0.717, 1.165) is 5.56 Å². The van der Waals surface area contributed by atoms with Crippen LogP contribution < -0.4 is 5.73 Å². The number of amides is 1. The number of carbonyl (C=O) groups is 4. The van der Waals surface area contributed by atoms with Crippen LogP contribution in [0.3, 0.4) is 0 Å². The number of halogens is 2. The third-order valence-corrected chi connectivity index (χ3v) is 6.25. The van der Waals surface area contributed by atoms with E-state index in [1.54, 1.807) is 43.4 Å². The zero-order valence-electron chi connectivity index (χ0n) is 17.9. The molecule has 0 aromatic heterocycles. The summed E-state index contributed by atoms with van der Waals surface area (Å²) in [6.07, 6.45) is 0. The SMILES string of the molecule is CN(Cc1ccc(Cl)c(Cl)c1)C(=O)COC(=O)c1ccc2c(c1N)C(=O)c1ccccc1C2=O. The second-order valence-corrected chi connectivity index (χ2v) is 8.54. The first kappa shape index (κ1) is 23.5. The fourth-order valence-corrected chi connectivity index (χ4v) is 4.03. The number of rotatable bonds is 5. The minimum absolute atomic E-state index is 0.0405. The molecule has 0 unspecified atom stereocenters. The van der Waals surface area contributed by atoms with Crippen molar-refractivity contribution in [1.82, 2.24) is 4.90 Å². The molecular weight excluding hydrogens is 479 g/mol. The van der Waals surface area contributed by atoms with Crippen LogP contribution in [0.2, 0.25) is 10.0 Å². The standard InChI is InChI=1S/C25H18Cl2N2O5/c1-29(11-13-6-9-18(26)19(27)10-13)20(30)12-34-25(33)17-8-7-16-21(22(17)28)24(32)15-5-3-2-4-14(15)23(16)31/h2-10H,11-12,28H2,1H3. The number of fused-ring (bicyclic) bond motifs is 2. The normalized spacial score (nSPS) is 12.1. The molecule has 0 heterocycles. The number of hydrogen-bond donors (Lipinski definition) is 1. The molecule has 0 fully saturated rings. The van der Waals surface area contributed by atoms with E-state index in [2.05, 4.69) is 0 Å². The minimum Gasteiger partial charge on any atom is -0.452 e. The van der Waals surface area contributed by atoms with Crippen LogP contribution in [0.25, 0.3) is 0 Å². The predicted octanol–water partition coefficient (Wildman–Crippen LogP) is 4.17. The summed E-state index contributed by atoms with van der Waals surface area (Å²) in [7, 11) is 1.55. The second kappa shape index (κ2) is 9.29. The summed E-state index contributed by atoms with van der Waals surface area (Å²) in [6.45, 7) is -0.312. The van der Waals surface area contributed by atoms with E-state index in [1.807, 2.05) is 0 Å². The fourth-order valence-electron chi connectivity index (χ4n) is 3.71. The summed E-state index contributed by atoms with van der Waals surface area (Å²) >= 11 is 11.9. The van der Waals surface area contributed by atoms with E-state index in [0.29, 0.717) is 10.0 Å². The summed E-state index contributed by atoms with van der Waals surface area (Å²) < 4.78 is 5.14. The van der Waals surface area contributed by atoms with Crippen LogP contribution in [0.5, 0.6) is 0 Å². The number of nitrogen functional groups attached to an aromatic ring is 1. The molecule has 1 aliphatic carbocycles. The molecule has 4 rings (SSSR count). The lowest BCUT2D eigenvalue weighted by Gasteiger charge is -2.20. The van der Waals surface area contributed by atoms with Crippen molar-refractivity contribution < 1.29 is 23.9 Å². The van der Waals surface area contributed by atoms with Crippen LogP contribution >= 0.6 is 23.2 Å². The van der Waals surface area contributed by atoms with Gasteiger partial charge in [0, 0.05) is 30.3 Å². The Hall–Kier alpha value is -3.68.